The summed E-state index contributed by atoms with van der Waals surface area (Å²) in [5, 5.41) is 3.37. The molecule has 0 aromatic carbocycles. The molecule has 0 saturated carbocycles. The van der Waals surface area contributed by atoms with E-state index in [1.165, 1.54) is 37.0 Å². The van der Waals surface area contributed by atoms with Crippen LogP contribution in [-0.2, 0) is 12.8 Å². The van der Waals surface area contributed by atoms with E-state index in [1.54, 1.807) is 22.8 Å². The van der Waals surface area contributed by atoms with E-state index in [9.17, 15) is 0 Å². The van der Waals surface area contributed by atoms with Crippen LogP contribution in [0.4, 0.5) is 0 Å². The number of rotatable bonds is 3. The van der Waals surface area contributed by atoms with Gasteiger partial charge in [0.05, 0.1) is 17.9 Å². The zero-order valence-electron chi connectivity index (χ0n) is 11.2. The average Bonchev–Trinajstić information content (AvgIpc) is 2.71. The van der Waals surface area contributed by atoms with Gasteiger partial charge >= 0.3 is 0 Å². The van der Waals surface area contributed by atoms with E-state index in [1.807, 2.05) is 24.6 Å². The van der Waals surface area contributed by atoms with E-state index in [-0.39, 0.29) is 6.04 Å². The summed E-state index contributed by atoms with van der Waals surface area (Å²) in [5.41, 5.74) is 2.56. The van der Waals surface area contributed by atoms with E-state index in [4.69, 9.17) is 0 Å². The molecule has 1 N–H and O–H groups in total. The summed E-state index contributed by atoms with van der Waals surface area (Å²) < 4.78 is 0. The highest BCUT2D eigenvalue weighted by Gasteiger charge is 2.19. The van der Waals surface area contributed by atoms with Crippen LogP contribution in [0.5, 0.6) is 0 Å². The largest absolute Gasteiger partial charge is 0.307 e. The van der Waals surface area contributed by atoms with Crippen molar-refractivity contribution in [3.8, 4) is 0 Å². The molecule has 4 heteroatoms. The lowest BCUT2D eigenvalue weighted by molar-refractivity contribution is 0.675. The second kappa shape index (κ2) is 5.80. The van der Waals surface area contributed by atoms with Crippen molar-refractivity contribution in [3.05, 3.63) is 45.7 Å². The number of nitrogens with one attached hydrogen (secondary N) is 1. The van der Waals surface area contributed by atoms with Crippen molar-refractivity contribution in [1.29, 1.82) is 0 Å². The molecule has 0 saturated heterocycles. The maximum Gasteiger partial charge on any atom is 0.0858 e. The molecule has 100 valence electrons. The van der Waals surface area contributed by atoms with Crippen molar-refractivity contribution in [1.82, 2.24) is 15.3 Å². The van der Waals surface area contributed by atoms with Crippen LogP contribution >= 0.6 is 11.3 Å². The smallest absolute Gasteiger partial charge is 0.0858 e. The fraction of sp³-hybridized carbons (Fsp3) is 0.467. The summed E-state index contributed by atoms with van der Waals surface area (Å²) in [6.07, 6.45) is 11.9. The number of thiophene rings is 1. The Balaban J connectivity index is 1.92. The minimum atomic E-state index is 0.172. The van der Waals surface area contributed by atoms with Gasteiger partial charge in [-0.1, -0.05) is 6.42 Å². The molecule has 0 spiro atoms. The number of aromatic nitrogens is 2. The number of fused-ring (bicyclic) bond motifs is 1. The predicted molar refractivity (Wildman–Crippen MR) is 78.5 cm³/mol. The Morgan fingerprint density at radius 3 is 2.89 bits per heavy atom. The van der Waals surface area contributed by atoms with Crippen molar-refractivity contribution >= 4 is 11.3 Å². The molecule has 1 aliphatic carbocycles. The lowest BCUT2D eigenvalue weighted by atomic mass is 10.1. The van der Waals surface area contributed by atoms with Crippen LogP contribution in [0.3, 0.4) is 0 Å². The maximum atomic E-state index is 4.43. The number of hydrogen-bond acceptors (Lipinski definition) is 4. The van der Waals surface area contributed by atoms with Gasteiger partial charge in [-0.15, -0.1) is 11.3 Å². The molecule has 0 fully saturated rings. The van der Waals surface area contributed by atoms with E-state index in [0.29, 0.717) is 0 Å². The third-order valence-corrected chi connectivity index (χ3v) is 5.02. The van der Waals surface area contributed by atoms with Crippen molar-refractivity contribution < 1.29 is 0 Å². The standard InChI is InChI=1S/C15H19N3S/c1-16-15(12-10-17-7-8-18-12)14-9-11-5-3-2-4-6-13(11)19-14/h7-10,15-16H,2-6H2,1H3. The molecule has 0 radical (unpaired) electrons. The first-order chi connectivity index (χ1) is 9.38. The minimum Gasteiger partial charge on any atom is -0.307 e. The number of aryl methyl sites for hydroxylation is 2. The minimum absolute atomic E-state index is 0.172. The third kappa shape index (κ3) is 2.69. The van der Waals surface area contributed by atoms with Crippen molar-refractivity contribution in [2.75, 3.05) is 7.05 Å². The van der Waals surface area contributed by atoms with Crippen molar-refractivity contribution in [3.63, 3.8) is 0 Å². The van der Waals surface area contributed by atoms with Crippen LogP contribution in [0.15, 0.2) is 24.7 Å². The average molecular weight is 273 g/mol. The summed E-state index contributed by atoms with van der Waals surface area (Å²) in [6.45, 7) is 0. The van der Waals surface area contributed by atoms with E-state index < -0.39 is 0 Å². The van der Waals surface area contributed by atoms with Gasteiger partial charge in [-0.3, -0.25) is 9.97 Å². The summed E-state index contributed by atoms with van der Waals surface area (Å²) >= 11 is 1.95. The molecule has 1 atom stereocenters. The van der Waals surface area contributed by atoms with Crippen LogP contribution in [0, 0.1) is 0 Å². The van der Waals surface area contributed by atoms with Gasteiger partial charge in [0.1, 0.15) is 0 Å². The van der Waals surface area contributed by atoms with E-state index >= 15 is 0 Å². The van der Waals surface area contributed by atoms with Gasteiger partial charge in [-0.05, 0) is 44.4 Å². The molecular weight excluding hydrogens is 254 g/mol. The summed E-state index contributed by atoms with van der Waals surface area (Å²) in [6, 6.07) is 2.55. The molecule has 3 rings (SSSR count). The van der Waals surface area contributed by atoms with Crippen LogP contribution in [0.1, 0.15) is 46.3 Å². The number of nitrogens with zero attached hydrogens (tertiary/aromatic N) is 2. The lowest BCUT2D eigenvalue weighted by Crippen LogP contribution is -2.17. The van der Waals surface area contributed by atoms with E-state index in [0.717, 1.165) is 5.69 Å². The lowest BCUT2D eigenvalue weighted by Gasteiger charge is -2.13. The Kier molecular flexibility index (Phi) is 3.89. The molecule has 0 aliphatic heterocycles. The number of hydrogen-bond donors (Lipinski definition) is 1. The molecule has 0 bridgehead atoms. The van der Waals surface area contributed by atoms with Crippen molar-refractivity contribution in [2.45, 2.75) is 38.1 Å². The van der Waals surface area contributed by atoms with Gasteiger partial charge in [-0.25, -0.2) is 0 Å². The Morgan fingerprint density at radius 2 is 2.11 bits per heavy atom. The molecule has 2 aromatic rings. The summed E-state index contributed by atoms with van der Waals surface area (Å²) in [5.74, 6) is 0. The fourth-order valence-corrected chi connectivity index (χ4v) is 4.11. The van der Waals surface area contributed by atoms with Gasteiger partial charge < -0.3 is 5.32 Å². The SMILES string of the molecule is CNC(c1cnccn1)c1cc2c(s1)CCCCC2. The highest BCUT2D eigenvalue weighted by Crippen LogP contribution is 2.33. The van der Waals surface area contributed by atoms with Crippen LogP contribution in [-0.4, -0.2) is 17.0 Å². The fourth-order valence-electron chi connectivity index (χ4n) is 2.73. The summed E-state index contributed by atoms with van der Waals surface area (Å²) in [4.78, 5) is 11.6. The predicted octanol–water partition coefficient (Wildman–Crippen LogP) is 3.12. The molecular formula is C15H19N3S. The Labute approximate surface area is 118 Å². The first-order valence-corrected chi connectivity index (χ1v) is 7.75. The highest BCUT2D eigenvalue weighted by atomic mass is 32.1. The van der Waals surface area contributed by atoms with Gasteiger partial charge in [0.2, 0.25) is 0 Å². The Hall–Kier alpha value is -1.26. The van der Waals surface area contributed by atoms with Gasteiger partial charge in [0.15, 0.2) is 0 Å². The second-order valence-electron chi connectivity index (χ2n) is 5.01. The molecule has 1 unspecified atom stereocenters. The zero-order chi connectivity index (χ0) is 13.1. The van der Waals surface area contributed by atoms with Gasteiger partial charge in [0.25, 0.3) is 0 Å². The first kappa shape index (κ1) is 12.8. The molecule has 3 nitrogen and oxygen atoms in total. The zero-order valence-corrected chi connectivity index (χ0v) is 12.0. The van der Waals surface area contributed by atoms with Crippen LogP contribution in [0.2, 0.25) is 0 Å². The first-order valence-electron chi connectivity index (χ1n) is 6.93. The molecule has 19 heavy (non-hydrogen) atoms. The van der Waals surface area contributed by atoms with Gasteiger partial charge in [0, 0.05) is 22.1 Å². The Bertz CT molecular complexity index is 512. The quantitative estimate of drug-likeness (QED) is 0.873. The van der Waals surface area contributed by atoms with Crippen LogP contribution < -0.4 is 5.32 Å². The maximum absolute atomic E-state index is 4.43. The molecule has 1 aliphatic rings. The highest BCUT2D eigenvalue weighted by molar-refractivity contribution is 7.12. The van der Waals surface area contributed by atoms with Crippen LogP contribution in [0.25, 0.3) is 0 Å². The second-order valence-corrected chi connectivity index (χ2v) is 6.18. The summed E-state index contributed by atoms with van der Waals surface area (Å²) in [7, 11) is 1.99. The van der Waals surface area contributed by atoms with Gasteiger partial charge in [-0.2, -0.15) is 0 Å². The third-order valence-electron chi connectivity index (χ3n) is 3.72. The Morgan fingerprint density at radius 1 is 1.21 bits per heavy atom. The normalized spacial score (nSPS) is 16.7. The van der Waals surface area contributed by atoms with E-state index in [2.05, 4.69) is 21.4 Å². The molecule has 2 aromatic heterocycles. The molecule has 0 amide bonds. The monoisotopic (exact) mass is 273 g/mol. The van der Waals surface area contributed by atoms with Crippen molar-refractivity contribution in [2.24, 2.45) is 0 Å². The topological polar surface area (TPSA) is 37.8 Å². The molecule has 2 heterocycles.